The van der Waals surface area contributed by atoms with E-state index in [9.17, 15) is 22.4 Å². The molecule has 0 aliphatic heterocycles. The van der Waals surface area contributed by atoms with E-state index in [0.29, 0.717) is 6.42 Å². The molecular formula is C25H34FN3O4S. The zero-order chi connectivity index (χ0) is 25.5. The normalized spacial score (nSPS) is 13.1. The van der Waals surface area contributed by atoms with Gasteiger partial charge in [-0.1, -0.05) is 49.7 Å². The summed E-state index contributed by atoms with van der Waals surface area (Å²) in [4.78, 5) is 28.0. The van der Waals surface area contributed by atoms with Gasteiger partial charge in [-0.05, 0) is 50.5 Å². The number of nitrogens with one attached hydrogen (secondary N) is 1. The van der Waals surface area contributed by atoms with Crippen LogP contribution in [0.2, 0.25) is 0 Å². The number of benzene rings is 2. The van der Waals surface area contributed by atoms with E-state index in [1.165, 1.54) is 23.1 Å². The molecule has 0 saturated heterocycles. The Morgan fingerprint density at radius 1 is 1.06 bits per heavy atom. The third-order valence-corrected chi connectivity index (χ3v) is 6.78. The number of nitrogens with zero attached hydrogens (tertiary/aromatic N) is 2. The first kappa shape index (κ1) is 27.3. The maximum absolute atomic E-state index is 13.8. The lowest BCUT2D eigenvalue weighted by molar-refractivity contribution is -0.140. The molecule has 1 N–H and O–H groups in total. The topological polar surface area (TPSA) is 86.8 Å². The first-order chi connectivity index (χ1) is 16.0. The fourth-order valence-electron chi connectivity index (χ4n) is 3.50. The van der Waals surface area contributed by atoms with Crippen LogP contribution in [0.15, 0.2) is 48.5 Å². The van der Waals surface area contributed by atoms with Crippen molar-refractivity contribution >= 4 is 27.5 Å². The van der Waals surface area contributed by atoms with Crippen molar-refractivity contribution in [2.45, 2.75) is 59.2 Å². The number of aryl methyl sites for hydroxylation is 1. The molecule has 0 fully saturated rings. The molecule has 0 saturated carbocycles. The summed E-state index contributed by atoms with van der Waals surface area (Å²) >= 11 is 0. The average Bonchev–Trinajstić information content (AvgIpc) is 2.77. The molecule has 2 amide bonds. The predicted octanol–water partition coefficient (Wildman–Crippen LogP) is 3.62. The summed E-state index contributed by atoms with van der Waals surface area (Å²) in [6.07, 6.45) is 2.04. The molecule has 2 aromatic carbocycles. The van der Waals surface area contributed by atoms with E-state index in [4.69, 9.17) is 0 Å². The highest BCUT2D eigenvalue weighted by atomic mass is 32.2. The zero-order valence-electron chi connectivity index (χ0n) is 20.4. The number of amides is 2. The van der Waals surface area contributed by atoms with Gasteiger partial charge in [0.1, 0.15) is 18.4 Å². The van der Waals surface area contributed by atoms with Crippen molar-refractivity contribution in [2.75, 3.05) is 17.1 Å². The lowest BCUT2D eigenvalue weighted by Crippen LogP contribution is -2.53. The van der Waals surface area contributed by atoms with Crippen molar-refractivity contribution in [1.82, 2.24) is 10.2 Å². The molecule has 0 aliphatic rings. The van der Waals surface area contributed by atoms with E-state index in [2.05, 4.69) is 5.32 Å². The van der Waals surface area contributed by atoms with Crippen LogP contribution in [0, 0.1) is 12.7 Å². The second-order valence-corrected chi connectivity index (χ2v) is 10.4. The van der Waals surface area contributed by atoms with Gasteiger partial charge >= 0.3 is 0 Å². The van der Waals surface area contributed by atoms with Gasteiger partial charge in [0.2, 0.25) is 21.8 Å². The van der Waals surface area contributed by atoms with Crippen LogP contribution in [0.5, 0.6) is 0 Å². The van der Waals surface area contributed by atoms with Gasteiger partial charge in [-0.2, -0.15) is 0 Å². The predicted molar refractivity (Wildman–Crippen MR) is 132 cm³/mol. The molecule has 2 atom stereocenters. The highest BCUT2D eigenvalue weighted by molar-refractivity contribution is 7.92. The Labute approximate surface area is 202 Å². The maximum atomic E-state index is 13.8. The van der Waals surface area contributed by atoms with Gasteiger partial charge in [-0.25, -0.2) is 12.8 Å². The SMILES string of the molecule is CC[C@@H](C)NC(=O)[C@@H](CC)N(Cc1ccc(C)cc1)C(=O)CN(c1cccc(F)c1)S(C)(=O)=O. The third kappa shape index (κ3) is 7.55. The highest BCUT2D eigenvalue weighted by Gasteiger charge is 2.32. The Bertz CT molecular complexity index is 1090. The monoisotopic (exact) mass is 491 g/mol. The van der Waals surface area contributed by atoms with Gasteiger partial charge in [-0.3, -0.25) is 13.9 Å². The third-order valence-electron chi connectivity index (χ3n) is 5.64. The van der Waals surface area contributed by atoms with Gasteiger partial charge in [-0.15, -0.1) is 0 Å². The summed E-state index contributed by atoms with van der Waals surface area (Å²) < 4.78 is 39.7. The van der Waals surface area contributed by atoms with Gasteiger partial charge in [0.15, 0.2) is 0 Å². The Kier molecular flexibility index (Phi) is 9.61. The molecule has 9 heteroatoms. The molecule has 2 rings (SSSR count). The van der Waals surface area contributed by atoms with E-state index in [0.717, 1.165) is 34.2 Å². The van der Waals surface area contributed by atoms with Crippen LogP contribution in [-0.4, -0.2) is 50.0 Å². The van der Waals surface area contributed by atoms with E-state index in [-0.39, 0.29) is 24.2 Å². The highest BCUT2D eigenvalue weighted by Crippen LogP contribution is 2.20. The molecule has 0 aromatic heterocycles. The molecule has 34 heavy (non-hydrogen) atoms. The standard InChI is InChI=1S/C25H34FN3O4S/c1-6-19(4)27-25(31)23(7-2)28(16-20-13-11-18(3)12-14-20)24(30)17-29(34(5,32)33)22-10-8-9-21(26)15-22/h8-15,19,23H,6-7,16-17H2,1-5H3,(H,27,31)/t19-,23-/m1/s1. The Morgan fingerprint density at radius 2 is 1.71 bits per heavy atom. The fraction of sp³-hybridized carbons (Fsp3) is 0.440. The van der Waals surface area contributed by atoms with Gasteiger partial charge in [0.05, 0.1) is 11.9 Å². The summed E-state index contributed by atoms with van der Waals surface area (Å²) in [6.45, 7) is 7.16. The number of carbonyl (C=O) groups is 2. The second-order valence-electron chi connectivity index (χ2n) is 8.50. The van der Waals surface area contributed by atoms with Crippen LogP contribution in [0.3, 0.4) is 0 Å². The van der Waals surface area contributed by atoms with Crippen LogP contribution < -0.4 is 9.62 Å². The molecule has 7 nitrogen and oxygen atoms in total. The van der Waals surface area contributed by atoms with Crippen molar-refractivity contribution in [2.24, 2.45) is 0 Å². The number of sulfonamides is 1. The van der Waals surface area contributed by atoms with Crippen LogP contribution >= 0.6 is 0 Å². The number of anilines is 1. The number of carbonyl (C=O) groups excluding carboxylic acids is 2. The van der Waals surface area contributed by atoms with Gasteiger partial charge in [0.25, 0.3) is 0 Å². The average molecular weight is 492 g/mol. The summed E-state index contributed by atoms with van der Waals surface area (Å²) in [6, 6.07) is 11.8. The minimum atomic E-state index is -3.90. The van der Waals surface area contributed by atoms with Gasteiger partial charge < -0.3 is 10.2 Å². The second kappa shape index (κ2) is 12.0. The van der Waals surface area contributed by atoms with E-state index in [1.54, 1.807) is 6.92 Å². The Hall–Kier alpha value is -2.94. The van der Waals surface area contributed by atoms with Crippen molar-refractivity contribution in [3.05, 3.63) is 65.5 Å². The summed E-state index contributed by atoms with van der Waals surface area (Å²) in [5, 5.41) is 2.92. The van der Waals surface area contributed by atoms with Crippen molar-refractivity contribution in [3.63, 3.8) is 0 Å². The van der Waals surface area contributed by atoms with E-state index < -0.39 is 34.3 Å². The summed E-state index contributed by atoms with van der Waals surface area (Å²) in [5.74, 6) is -1.47. The lowest BCUT2D eigenvalue weighted by atomic mass is 10.1. The molecule has 186 valence electrons. The molecule has 0 bridgehead atoms. The minimum absolute atomic E-state index is 0.0447. The lowest BCUT2D eigenvalue weighted by Gasteiger charge is -2.33. The quantitative estimate of drug-likeness (QED) is 0.520. The molecule has 0 unspecified atom stereocenters. The van der Waals surface area contributed by atoms with Crippen molar-refractivity contribution in [3.8, 4) is 0 Å². The number of rotatable bonds is 11. The van der Waals surface area contributed by atoms with Crippen LogP contribution in [-0.2, 0) is 26.2 Å². The smallest absolute Gasteiger partial charge is 0.244 e. The fourth-order valence-corrected chi connectivity index (χ4v) is 4.34. The van der Waals surface area contributed by atoms with Gasteiger partial charge in [0, 0.05) is 12.6 Å². The van der Waals surface area contributed by atoms with Crippen LogP contribution in [0.4, 0.5) is 10.1 Å². The largest absolute Gasteiger partial charge is 0.352 e. The first-order valence-corrected chi connectivity index (χ1v) is 13.2. The molecule has 2 aromatic rings. The Morgan fingerprint density at radius 3 is 2.24 bits per heavy atom. The number of hydrogen-bond donors (Lipinski definition) is 1. The van der Waals surface area contributed by atoms with Crippen LogP contribution in [0.1, 0.15) is 44.7 Å². The maximum Gasteiger partial charge on any atom is 0.244 e. The number of hydrogen-bond acceptors (Lipinski definition) is 4. The number of halogens is 1. The molecular weight excluding hydrogens is 457 g/mol. The summed E-state index contributed by atoms with van der Waals surface area (Å²) in [7, 11) is -3.90. The first-order valence-electron chi connectivity index (χ1n) is 11.3. The Balaban J connectivity index is 2.43. The molecule has 0 heterocycles. The molecule has 0 aliphatic carbocycles. The minimum Gasteiger partial charge on any atom is -0.352 e. The molecule has 0 spiro atoms. The molecule has 0 radical (unpaired) electrons. The summed E-state index contributed by atoms with van der Waals surface area (Å²) in [5.41, 5.74) is 1.91. The van der Waals surface area contributed by atoms with E-state index in [1.807, 2.05) is 45.0 Å². The zero-order valence-corrected chi connectivity index (χ0v) is 21.2. The van der Waals surface area contributed by atoms with Crippen molar-refractivity contribution in [1.29, 1.82) is 0 Å². The van der Waals surface area contributed by atoms with Crippen molar-refractivity contribution < 1.29 is 22.4 Å². The van der Waals surface area contributed by atoms with Crippen LogP contribution in [0.25, 0.3) is 0 Å². The van der Waals surface area contributed by atoms with E-state index >= 15 is 0 Å².